The molecule has 1 aliphatic heterocycles. The summed E-state index contributed by atoms with van der Waals surface area (Å²) in [6.07, 6.45) is 42.9. The number of hydrogen-bond donors (Lipinski definition) is 0. The number of rotatable bonds is 11. The van der Waals surface area contributed by atoms with Crippen molar-refractivity contribution in [2.24, 2.45) is 41.4 Å². The Bertz CT molecular complexity index is 1160. The van der Waals surface area contributed by atoms with E-state index in [0.29, 0.717) is 30.0 Å². The molecular weight excluding hydrogens is 534 g/mol. The zero-order chi connectivity index (χ0) is 30.7. The zero-order valence-corrected chi connectivity index (χ0v) is 28.3. The molecule has 0 aromatic rings. The average molecular weight is 596 g/mol. The second-order valence-electron chi connectivity index (χ2n) is 14.6. The molecule has 2 saturated carbocycles. The van der Waals surface area contributed by atoms with Crippen molar-refractivity contribution in [1.29, 1.82) is 0 Å². The molecule has 7 unspecified atom stereocenters. The molecule has 2 nitrogen and oxygen atoms in total. The predicted octanol–water partition coefficient (Wildman–Crippen LogP) is 10.8. The van der Waals surface area contributed by atoms with Gasteiger partial charge in [0.1, 0.15) is 0 Å². The topological polar surface area (TPSA) is 20.3 Å². The highest BCUT2D eigenvalue weighted by molar-refractivity contribution is 5.99. The van der Waals surface area contributed by atoms with Crippen molar-refractivity contribution < 1.29 is 4.79 Å². The fourth-order valence-electron chi connectivity index (χ4n) is 8.68. The lowest BCUT2D eigenvalue weighted by molar-refractivity contribution is -0.115. The quantitative estimate of drug-likeness (QED) is 0.221. The summed E-state index contributed by atoms with van der Waals surface area (Å²) in [5, 5.41) is 0. The van der Waals surface area contributed by atoms with E-state index in [1.54, 1.807) is 5.57 Å². The number of ketones is 1. The molecule has 6 aliphatic rings. The van der Waals surface area contributed by atoms with E-state index in [2.05, 4.69) is 78.7 Å². The number of likely N-dealkylation sites (tertiary alicyclic amines) is 1. The summed E-state index contributed by atoms with van der Waals surface area (Å²) < 4.78 is 0. The Morgan fingerprint density at radius 3 is 2.64 bits per heavy atom. The molecule has 0 spiro atoms. The summed E-state index contributed by atoms with van der Waals surface area (Å²) in [7, 11) is 0. The van der Waals surface area contributed by atoms with Crippen molar-refractivity contribution in [2.45, 2.75) is 111 Å². The van der Waals surface area contributed by atoms with Gasteiger partial charge in [-0.05, 0) is 123 Å². The summed E-state index contributed by atoms with van der Waals surface area (Å²) in [6, 6.07) is 0. The molecule has 0 aromatic heterocycles. The van der Waals surface area contributed by atoms with Gasteiger partial charge in [0.25, 0.3) is 0 Å². The van der Waals surface area contributed by atoms with Gasteiger partial charge in [-0.1, -0.05) is 113 Å². The lowest BCUT2D eigenvalue weighted by atomic mass is 9.74. The van der Waals surface area contributed by atoms with Crippen molar-refractivity contribution in [3.05, 3.63) is 83.6 Å². The van der Waals surface area contributed by atoms with Crippen LogP contribution in [0.15, 0.2) is 83.6 Å². The lowest BCUT2D eigenvalue weighted by Gasteiger charge is -2.31. The Morgan fingerprint density at radius 2 is 1.82 bits per heavy atom. The normalized spacial score (nSPS) is 32.2. The van der Waals surface area contributed by atoms with Gasteiger partial charge < -0.3 is 4.90 Å². The van der Waals surface area contributed by atoms with Crippen LogP contribution in [0.1, 0.15) is 111 Å². The number of nitrogens with zero attached hydrogens (tertiary/aromatic N) is 1. The summed E-state index contributed by atoms with van der Waals surface area (Å²) in [6.45, 7) is 9.86. The third-order valence-corrected chi connectivity index (χ3v) is 11.3. The molecule has 6 rings (SSSR count). The summed E-state index contributed by atoms with van der Waals surface area (Å²) in [5.74, 6) is 5.70. The number of carbonyl (C=O) groups excluding carboxylic acids is 1. The molecule has 0 bridgehead atoms. The molecule has 240 valence electrons. The average Bonchev–Trinajstić information content (AvgIpc) is 3.88. The van der Waals surface area contributed by atoms with Crippen molar-refractivity contribution in [1.82, 2.24) is 4.90 Å². The monoisotopic (exact) mass is 595 g/mol. The fraction of sp³-hybridized carbons (Fsp3) is 0.643. The maximum Gasteiger partial charge on any atom is 0.162 e. The van der Waals surface area contributed by atoms with Gasteiger partial charge in [0.2, 0.25) is 0 Å². The number of fused-ring (bicyclic) bond motifs is 1. The molecule has 0 amide bonds. The number of hydrogen-bond acceptors (Lipinski definition) is 2. The number of carbonyl (C=O) groups is 1. The molecule has 7 atom stereocenters. The van der Waals surface area contributed by atoms with Crippen LogP contribution in [0.2, 0.25) is 0 Å². The van der Waals surface area contributed by atoms with Gasteiger partial charge in [-0.15, -0.1) is 0 Å². The van der Waals surface area contributed by atoms with Gasteiger partial charge >= 0.3 is 0 Å². The van der Waals surface area contributed by atoms with Gasteiger partial charge in [-0.2, -0.15) is 0 Å². The van der Waals surface area contributed by atoms with Gasteiger partial charge in [0.15, 0.2) is 5.78 Å². The van der Waals surface area contributed by atoms with E-state index >= 15 is 0 Å². The van der Waals surface area contributed by atoms with Crippen molar-refractivity contribution >= 4 is 5.78 Å². The maximum atomic E-state index is 13.5. The Morgan fingerprint density at radius 1 is 0.955 bits per heavy atom. The highest BCUT2D eigenvalue weighted by atomic mass is 16.1. The minimum atomic E-state index is 0.380. The lowest BCUT2D eigenvalue weighted by Crippen LogP contribution is -2.35. The molecule has 1 heterocycles. The van der Waals surface area contributed by atoms with Crippen LogP contribution < -0.4 is 0 Å². The molecule has 0 radical (unpaired) electrons. The van der Waals surface area contributed by atoms with E-state index < -0.39 is 0 Å². The Kier molecular flexibility index (Phi) is 12.8. The Labute approximate surface area is 270 Å². The van der Waals surface area contributed by atoms with Crippen molar-refractivity contribution in [3.63, 3.8) is 0 Å². The van der Waals surface area contributed by atoms with Crippen LogP contribution in [0.25, 0.3) is 0 Å². The van der Waals surface area contributed by atoms with E-state index in [1.165, 1.54) is 82.9 Å². The molecule has 44 heavy (non-hydrogen) atoms. The van der Waals surface area contributed by atoms with E-state index in [0.717, 1.165) is 55.1 Å². The third-order valence-electron chi connectivity index (χ3n) is 11.3. The van der Waals surface area contributed by atoms with Crippen LogP contribution in [-0.4, -0.2) is 30.3 Å². The van der Waals surface area contributed by atoms with E-state index in [-0.39, 0.29) is 0 Å². The third kappa shape index (κ3) is 9.41. The standard InChI is InChI=1S/C40H55NO.C2H6/c1-30-11-9-23-41(29-30)24-10-18-40(42)38-17-7-3-6-16-35(38)25-31-12-8-13-32(20-19-31)26-39(33-14-4-2-5-15-33)36-22-21-34-27-37(34)28-36;1-2/h2-6,14,16-17,21-22,28,30-34,37,39H,7-13,15,18-20,23-27,29H2,1H3;1-2H3. The molecule has 2 heteroatoms. The van der Waals surface area contributed by atoms with Crippen LogP contribution in [0, 0.1) is 41.4 Å². The van der Waals surface area contributed by atoms with Gasteiger partial charge in [-0.3, -0.25) is 4.79 Å². The smallest absolute Gasteiger partial charge is 0.162 e. The van der Waals surface area contributed by atoms with Crippen LogP contribution in [0.5, 0.6) is 0 Å². The van der Waals surface area contributed by atoms with Crippen molar-refractivity contribution in [3.8, 4) is 0 Å². The zero-order valence-electron chi connectivity index (χ0n) is 28.3. The Balaban J connectivity index is 0.00000188. The Hall–Kier alpha value is -2.19. The minimum Gasteiger partial charge on any atom is -0.303 e. The summed E-state index contributed by atoms with van der Waals surface area (Å²) in [4.78, 5) is 16.1. The first kappa shape index (κ1) is 33.2. The molecule has 5 aliphatic carbocycles. The molecule has 0 N–H and O–H groups in total. The van der Waals surface area contributed by atoms with E-state index in [4.69, 9.17) is 0 Å². The minimum absolute atomic E-state index is 0.380. The first-order valence-electron chi connectivity index (χ1n) is 18.7. The second-order valence-corrected chi connectivity index (χ2v) is 14.6. The van der Waals surface area contributed by atoms with Gasteiger partial charge in [0, 0.05) is 18.5 Å². The van der Waals surface area contributed by atoms with Crippen LogP contribution in [-0.2, 0) is 4.79 Å². The molecule has 3 fully saturated rings. The van der Waals surface area contributed by atoms with Gasteiger partial charge in [-0.25, -0.2) is 0 Å². The largest absolute Gasteiger partial charge is 0.303 e. The maximum absolute atomic E-state index is 13.5. The van der Waals surface area contributed by atoms with Crippen LogP contribution in [0.3, 0.4) is 0 Å². The number of piperidine rings is 1. The SMILES string of the molecule is CC.CC1CCCN(CCCC(=O)C2=CCC=CC=C2CC2CCCC(CC(C3=CC4CC4C=C3)C3C=CC=CC3)CC2)C1. The fourth-order valence-corrected chi connectivity index (χ4v) is 8.68. The van der Waals surface area contributed by atoms with E-state index in [1.807, 2.05) is 13.8 Å². The molecule has 1 saturated heterocycles. The number of Topliss-reactive ketones (excluding diaryl/α,β-unsaturated/α-hetero) is 1. The predicted molar refractivity (Wildman–Crippen MR) is 188 cm³/mol. The number of allylic oxidation sites excluding steroid dienone is 14. The van der Waals surface area contributed by atoms with E-state index in [9.17, 15) is 4.79 Å². The molecule has 0 aromatic carbocycles. The second kappa shape index (κ2) is 16.9. The molecular formula is C42H61NO. The summed E-state index contributed by atoms with van der Waals surface area (Å²) >= 11 is 0. The highest BCUT2D eigenvalue weighted by Crippen LogP contribution is 2.48. The van der Waals surface area contributed by atoms with Crippen LogP contribution in [0.4, 0.5) is 0 Å². The first-order valence-corrected chi connectivity index (χ1v) is 18.7. The van der Waals surface area contributed by atoms with Gasteiger partial charge in [0.05, 0.1) is 0 Å². The van der Waals surface area contributed by atoms with Crippen molar-refractivity contribution in [2.75, 3.05) is 19.6 Å². The van der Waals surface area contributed by atoms with Crippen LogP contribution >= 0.6 is 0 Å². The first-order chi connectivity index (χ1) is 21.6. The highest BCUT2D eigenvalue weighted by Gasteiger charge is 2.37. The summed E-state index contributed by atoms with van der Waals surface area (Å²) in [5.41, 5.74) is 4.00.